The van der Waals surface area contributed by atoms with E-state index in [0.717, 1.165) is 43.5 Å². The second kappa shape index (κ2) is 13.7. The fraction of sp³-hybridized carbons (Fsp3) is 0.111. The number of hydrogen-bond acceptors (Lipinski definition) is 6. The summed E-state index contributed by atoms with van der Waals surface area (Å²) < 4.78 is 70.8. The Morgan fingerprint density at radius 3 is 1.18 bits per heavy atom. The Hall–Kier alpha value is -3.08. The third kappa shape index (κ3) is 7.50. The Morgan fingerprint density at radius 1 is 0.511 bits per heavy atom. The Morgan fingerprint density at radius 2 is 0.844 bits per heavy atom. The SMILES string of the molecule is C=C(C)Cc1ccc2c(ccc3ccccc32)c1S(=O)(=O)[O-].C=C(C)Cc1ccc2c(ccc3ccccc32)c1S(=O)(=O)[O-].[Ca+2]. The quantitative estimate of drug-likeness (QED) is 0.0783. The maximum Gasteiger partial charge on any atom is 2.00 e. The van der Waals surface area contributed by atoms with Gasteiger partial charge >= 0.3 is 37.7 Å². The minimum atomic E-state index is -4.57. The molecular formula is C36H30CaO6S2. The fourth-order valence-corrected chi connectivity index (χ4v) is 7.55. The zero-order valence-corrected chi connectivity index (χ0v) is 28.9. The van der Waals surface area contributed by atoms with Crippen LogP contribution in [0.2, 0.25) is 0 Å². The molecule has 0 saturated carbocycles. The number of fused-ring (bicyclic) bond motifs is 6. The first-order valence-electron chi connectivity index (χ1n) is 13.8. The number of benzene rings is 6. The molecule has 0 aliphatic heterocycles. The molecule has 0 saturated heterocycles. The van der Waals surface area contributed by atoms with E-state index in [2.05, 4.69) is 13.2 Å². The molecule has 6 aromatic rings. The largest absolute Gasteiger partial charge is 2.00 e. The van der Waals surface area contributed by atoms with Crippen molar-refractivity contribution in [2.24, 2.45) is 0 Å². The van der Waals surface area contributed by atoms with Crippen LogP contribution in [-0.4, -0.2) is 63.7 Å². The molecule has 0 radical (unpaired) electrons. The van der Waals surface area contributed by atoms with Crippen molar-refractivity contribution >= 4 is 101 Å². The standard InChI is InChI=1S/2C18H16O3S.Ca/c2*1-12(2)11-14-8-9-16-15-6-4-3-5-13(15)7-10-17(16)18(14)22(19,20)21;/h2*3-10H,1,11H2,2H3,(H,19,20,21);/q;;+2/p-2. The monoisotopic (exact) mass is 662 g/mol. The van der Waals surface area contributed by atoms with Gasteiger partial charge < -0.3 is 9.11 Å². The van der Waals surface area contributed by atoms with Crippen LogP contribution in [-0.2, 0) is 33.1 Å². The van der Waals surface area contributed by atoms with Crippen LogP contribution in [0.25, 0.3) is 43.1 Å². The molecule has 6 aromatic carbocycles. The van der Waals surface area contributed by atoms with Gasteiger partial charge in [-0.15, -0.1) is 0 Å². The van der Waals surface area contributed by atoms with Gasteiger partial charge in [-0.25, -0.2) is 16.8 Å². The maximum atomic E-state index is 11.8. The Kier molecular flexibility index (Phi) is 10.6. The van der Waals surface area contributed by atoms with Crippen molar-refractivity contribution in [1.82, 2.24) is 0 Å². The van der Waals surface area contributed by atoms with Gasteiger partial charge in [0.1, 0.15) is 20.2 Å². The molecule has 0 amide bonds. The van der Waals surface area contributed by atoms with E-state index in [1.807, 2.05) is 86.6 Å². The fourth-order valence-electron chi connectivity index (χ4n) is 5.73. The second-order valence-electron chi connectivity index (χ2n) is 11.0. The van der Waals surface area contributed by atoms with Crippen LogP contribution in [0.1, 0.15) is 25.0 Å². The van der Waals surface area contributed by atoms with Gasteiger partial charge in [-0.2, -0.15) is 0 Å². The summed E-state index contributed by atoms with van der Waals surface area (Å²) >= 11 is 0. The third-order valence-electron chi connectivity index (χ3n) is 7.40. The number of hydrogen-bond donors (Lipinski definition) is 0. The molecule has 0 heterocycles. The van der Waals surface area contributed by atoms with Crippen molar-refractivity contribution in [2.45, 2.75) is 36.5 Å². The molecule has 0 spiro atoms. The average molecular weight is 663 g/mol. The van der Waals surface area contributed by atoms with Crippen LogP contribution in [0.3, 0.4) is 0 Å². The molecule has 6 rings (SSSR count). The molecule has 45 heavy (non-hydrogen) atoms. The molecule has 0 aliphatic rings. The third-order valence-corrected chi connectivity index (χ3v) is 9.36. The maximum absolute atomic E-state index is 11.8. The summed E-state index contributed by atoms with van der Waals surface area (Å²) in [6, 6.07) is 29.7. The van der Waals surface area contributed by atoms with Gasteiger partial charge in [-0.1, -0.05) is 121 Å². The van der Waals surface area contributed by atoms with Gasteiger partial charge in [0.25, 0.3) is 0 Å². The molecule has 0 unspecified atom stereocenters. The molecule has 224 valence electrons. The van der Waals surface area contributed by atoms with Gasteiger partial charge in [0, 0.05) is 10.8 Å². The topological polar surface area (TPSA) is 114 Å². The van der Waals surface area contributed by atoms with Crippen LogP contribution >= 0.6 is 0 Å². The van der Waals surface area contributed by atoms with Gasteiger partial charge in [-0.3, -0.25) is 0 Å². The van der Waals surface area contributed by atoms with Crippen molar-refractivity contribution in [3.8, 4) is 0 Å². The van der Waals surface area contributed by atoms with Crippen LogP contribution in [0.4, 0.5) is 0 Å². The summed E-state index contributed by atoms with van der Waals surface area (Å²) in [6.07, 6.45) is 0.749. The first-order valence-corrected chi connectivity index (χ1v) is 16.6. The van der Waals surface area contributed by atoms with Gasteiger partial charge in [0.05, 0.1) is 9.79 Å². The molecule has 0 aromatic heterocycles. The molecule has 0 N–H and O–H groups in total. The molecule has 0 fully saturated rings. The van der Waals surface area contributed by atoms with E-state index in [1.165, 1.54) is 0 Å². The van der Waals surface area contributed by atoms with E-state index in [1.54, 1.807) is 24.3 Å². The molecule has 9 heteroatoms. The summed E-state index contributed by atoms with van der Waals surface area (Å²) in [7, 11) is -9.13. The van der Waals surface area contributed by atoms with Crippen LogP contribution in [0.15, 0.2) is 131 Å². The molecular weight excluding hydrogens is 633 g/mol. The van der Waals surface area contributed by atoms with Crippen molar-refractivity contribution in [3.63, 3.8) is 0 Å². The second-order valence-corrected chi connectivity index (χ2v) is 13.7. The first-order chi connectivity index (χ1) is 20.8. The Labute approximate surface area is 293 Å². The zero-order chi connectivity index (χ0) is 31.8. The predicted molar refractivity (Wildman–Crippen MR) is 182 cm³/mol. The summed E-state index contributed by atoms with van der Waals surface area (Å²) in [4.78, 5) is -0.252. The van der Waals surface area contributed by atoms with Crippen LogP contribution in [0.5, 0.6) is 0 Å². The Balaban J connectivity index is 0.000000200. The predicted octanol–water partition coefficient (Wildman–Crippen LogP) is 7.65. The molecule has 0 atom stereocenters. The van der Waals surface area contributed by atoms with Gasteiger partial charge in [0.2, 0.25) is 0 Å². The minimum Gasteiger partial charge on any atom is -0.744 e. The number of allylic oxidation sites excluding steroid dienone is 2. The van der Waals surface area contributed by atoms with Crippen molar-refractivity contribution in [1.29, 1.82) is 0 Å². The molecule has 0 aliphatic carbocycles. The summed E-state index contributed by atoms with van der Waals surface area (Å²) in [6.45, 7) is 11.2. The molecule has 6 nitrogen and oxygen atoms in total. The van der Waals surface area contributed by atoms with Crippen molar-refractivity contribution < 1.29 is 25.9 Å². The van der Waals surface area contributed by atoms with E-state index < -0.39 is 20.2 Å². The van der Waals surface area contributed by atoms with E-state index in [9.17, 15) is 25.9 Å². The molecule has 0 bridgehead atoms. The Bertz CT molecular complexity index is 2180. The van der Waals surface area contributed by atoms with E-state index in [-0.39, 0.29) is 47.5 Å². The summed E-state index contributed by atoms with van der Waals surface area (Å²) in [5, 5.41) is 6.41. The smallest absolute Gasteiger partial charge is 0.744 e. The van der Waals surface area contributed by atoms with Gasteiger partial charge in [-0.05, 0) is 70.1 Å². The average Bonchev–Trinajstić information content (AvgIpc) is 2.95. The van der Waals surface area contributed by atoms with E-state index in [0.29, 0.717) is 34.7 Å². The summed E-state index contributed by atoms with van der Waals surface area (Å²) in [5.41, 5.74) is 2.63. The van der Waals surface area contributed by atoms with Crippen LogP contribution in [0, 0.1) is 0 Å². The first kappa shape index (κ1) is 34.8. The van der Waals surface area contributed by atoms with E-state index in [4.69, 9.17) is 0 Å². The zero-order valence-electron chi connectivity index (χ0n) is 25.0. The normalized spacial score (nSPS) is 11.6. The van der Waals surface area contributed by atoms with Crippen LogP contribution < -0.4 is 0 Å². The summed E-state index contributed by atoms with van der Waals surface area (Å²) in [5.74, 6) is 0. The van der Waals surface area contributed by atoms with E-state index >= 15 is 0 Å². The minimum absolute atomic E-state index is 0. The van der Waals surface area contributed by atoms with Gasteiger partial charge in [0.15, 0.2) is 0 Å². The number of rotatable bonds is 6. The van der Waals surface area contributed by atoms with Crippen molar-refractivity contribution in [3.05, 3.63) is 132 Å². The van der Waals surface area contributed by atoms with Crippen molar-refractivity contribution in [2.75, 3.05) is 0 Å².